The second-order valence-corrected chi connectivity index (χ2v) is 4.97. The van der Waals surface area contributed by atoms with E-state index in [1.807, 2.05) is 10.6 Å². The Morgan fingerprint density at radius 3 is 2.60 bits per heavy atom. The van der Waals surface area contributed by atoms with Crippen molar-refractivity contribution in [3.8, 4) is 0 Å². The fourth-order valence-electron chi connectivity index (χ4n) is 2.22. The largest absolute Gasteiger partial charge is 0.388 e. The van der Waals surface area contributed by atoms with E-state index in [9.17, 15) is 9.50 Å². The predicted octanol–water partition coefficient (Wildman–Crippen LogP) is 3.37. The lowest BCUT2D eigenvalue weighted by atomic mass is 10.2. The SMILES string of the molecule is OCc1nc2cc(Cl)ccc2n1Cc1ccc(F)cc1. The van der Waals surface area contributed by atoms with E-state index in [-0.39, 0.29) is 12.4 Å². The summed E-state index contributed by atoms with van der Waals surface area (Å²) in [6, 6.07) is 11.7. The van der Waals surface area contributed by atoms with Crippen LogP contribution in [-0.4, -0.2) is 14.7 Å². The summed E-state index contributed by atoms with van der Waals surface area (Å²) in [5, 5.41) is 10.0. The van der Waals surface area contributed by atoms with E-state index in [4.69, 9.17) is 11.6 Å². The van der Waals surface area contributed by atoms with Gasteiger partial charge in [0, 0.05) is 11.6 Å². The van der Waals surface area contributed by atoms with E-state index in [2.05, 4.69) is 4.98 Å². The zero-order valence-corrected chi connectivity index (χ0v) is 11.3. The number of hydrogen-bond donors (Lipinski definition) is 1. The number of hydrogen-bond acceptors (Lipinski definition) is 2. The highest BCUT2D eigenvalue weighted by Gasteiger charge is 2.10. The molecule has 0 radical (unpaired) electrons. The average molecular weight is 291 g/mol. The summed E-state index contributed by atoms with van der Waals surface area (Å²) in [6.45, 7) is 0.363. The molecule has 0 bridgehead atoms. The third-order valence-corrected chi connectivity index (χ3v) is 3.42. The molecule has 1 heterocycles. The van der Waals surface area contributed by atoms with Crippen LogP contribution in [0.5, 0.6) is 0 Å². The maximum atomic E-state index is 12.9. The highest BCUT2D eigenvalue weighted by atomic mass is 35.5. The minimum absolute atomic E-state index is 0.159. The Balaban J connectivity index is 2.07. The van der Waals surface area contributed by atoms with E-state index in [0.29, 0.717) is 17.4 Å². The molecule has 0 saturated heterocycles. The number of aromatic nitrogens is 2. The zero-order valence-electron chi connectivity index (χ0n) is 10.6. The number of rotatable bonds is 3. The van der Waals surface area contributed by atoms with Gasteiger partial charge in [0.05, 0.1) is 11.0 Å². The van der Waals surface area contributed by atoms with Gasteiger partial charge in [0.15, 0.2) is 0 Å². The first-order chi connectivity index (χ1) is 9.67. The van der Waals surface area contributed by atoms with Crippen LogP contribution in [0.25, 0.3) is 11.0 Å². The fraction of sp³-hybridized carbons (Fsp3) is 0.133. The van der Waals surface area contributed by atoms with E-state index in [0.717, 1.165) is 16.6 Å². The average Bonchev–Trinajstić information content (AvgIpc) is 2.78. The molecule has 0 spiro atoms. The van der Waals surface area contributed by atoms with Gasteiger partial charge < -0.3 is 9.67 Å². The predicted molar refractivity (Wildman–Crippen MR) is 76.2 cm³/mol. The van der Waals surface area contributed by atoms with Gasteiger partial charge in [0.2, 0.25) is 0 Å². The highest BCUT2D eigenvalue weighted by Crippen LogP contribution is 2.22. The van der Waals surface area contributed by atoms with Crippen molar-refractivity contribution in [2.75, 3.05) is 0 Å². The zero-order chi connectivity index (χ0) is 14.1. The molecule has 0 saturated carbocycles. The standard InChI is InChI=1S/C15H12ClFN2O/c16-11-3-6-14-13(7-11)18-15(9-20)19(14)8-10-1-4-12(17)5-2-10/h1-7,20H,8-9H2. The minimum atomic E-state index is -0.265. The van der Waals surface area contributed by atoms with Crippen LogP contribution < -0.4 is 0 Å². The molecule has 0 fully saturated rings. The Kier molecular flexibility index (Phi) is 3.42. The van der Waals surface area contributed by atoms with E-state index in [1.165, 1.54) is 12.1 Å². The number of aliphatic hydroxyl groups excluding tert-OH is 1. The van der Waals surface area contributed by atoms with Gasteiger partial charge in [-0.25, -0.2) is 9.37 Å². The van der Waals surface area contributed by atoms with Crippen molar-refractivity contribution in [2.45, 2.75) is 13.2 Å². The first-order valence-corrected chi connectivity index (χ1v) is 6.55. The molecule has 20 heavy (non-hydrogen) atoms. The van der Waals surface area contributed by atoms with E-state index < -0.39 is 0 Å². The van der Waals surface area contributed by atoms with Crippen LogP contribution >= 0.6 is 11.6 Å². The Morgan fingerprint density at radius 1 is 1.15 bits per heavy atom. The minimum Gasteiger partial charge on any atom is -0.388 e. The Bertz CT molecular complexity index is 752. The monoisotopic (exact) mass is 290 g/mol. The number of benzene rings is 2. The van der Waals surface area contributed by atoms with Crippen LogP contribution in [0.3, 0.4) is 0 Å². The summed E-state index contributed by atoms with van der Waals surface area (Å²) < 4.78 is 14.8. The molecule has 0 amide bonds. The maximum Gasteiger partial charge on any atom is 0.136 e. The molecule has 1 N–H and O–H groups in total. The van der Waals surface area contributed by atoms with Gasteiger partial charge in [0.1, 0.15) is 18.2 Å². The van der Waals surface area contributed by atoms with Crippen molar-refractivity contribution >= 4 is 22.6 Å². The first-order valence-electron chi connectivity index (χ1n) is 6.17. The van der Waals surface area contributed by atoms with Crippen molar-refractivity contribution in [1.29, 1.82) is 0 Å². The van der Waals surface area contributed by atoms with Crippen LogP contribution in [0, 0.1) is 5.82 Å². The number of aliphatic hydroxyl groups is 1. The molecule has 2 aromatic carbocycles. The topological polar surface area (TPSA) is 38.1 Å². The molecule has 5 heteroatoms. The summed E-state index contributed by atoms with van der Waals surface area (Å²) in [5.41, 5.74) is 2.57. The Hall–Kier alpha value is -1.91. The van der Waals surface area contributed by atoms with Crippen molar-refractivity contribution < 1.29 is 9.50 Å². The molecular weight excluding hydrogens is 279 g/mol. The fourth-order valence-corrected chi connectivity index (χ4v) is 2.39. The number of imidazole rings is 1. The lowest BCUT2D eigenvalue weighted by molar-refractivity contribution is 0.267. The van der Waals surface area contributed by atoms with Crippen molar-refractivity contribution in [3.05, 3.63) is 64.7 Å². The summed E-state index contributed by atoms with van der Waals surface area (Å²) in [5.74, 6) is 0.296. The van der Waals surface area contributed by atoms with E-state index >= 15 is 0 Å². The lowest BCUT2D eigenvalue weighted by Crippen LogP contribution is -2.05. The van der Waals surface area contributed by atoms with E-state index in [1.54, 1.807) is 24.3 Å². The second kappa shape index (κ2) is 5.23. The van der Waals surface area contributed by atoms with Gasteiger partial charge in [-0.15, -0.1) is 0 Å². The van der Waals surface area contributed by atoms with Crippen LogP contribution in [-0.2, 0) is 13.2 Å². The highest BCUT2D eigenvalue weighted by molar-refractivity contribution is 6.31. The van der Waals surface area contributed by atoms with Gasteiger partial charge in [-0.05, 0) is 35.9 Å². The normalized spacial score (nSPS) is 11.2. The molecule has 0 aliphatic carbocycles. The molecule has 102 valence electrons. The van der Waals surface area contributed by atoms with Crippen molar-refractivity contribution in [3.63, 3.8) is 0 Å². The molecule has 0 unspecified atom stereocenters. The summed E-state index contributed by atoms with van der Waals surface area (Å²) in [6.07, 6.45) is 0. The molecule has 0 aliphatic rings. The van der Waals surface area contributed by atoms with Gasteiger partial charge in [0.25, 0.3) is 0 Å². The molecule has 0 aliphatic heterocycles. The van der Waals surface area contributed by atoms with Crippen molar-refractivity contribution in [2.24, 2.45) is 0 Å². The Labute approximate surface area is 120 Å². The molecular formula is C15H12ClFN2O. The summed E-state index contributed by atoms with van der Waals surface area (Å²) >= 11 is 5.95. The summed E-state index contributed by atoms with van der Waals surface area (Å²) in [4.78, 5) is 4.36. The smallest absolute Gasteiger partial charge is 0.136 e. The second-order valence-electron chi connectivity index (χ2n) is 4.53. The lowest BCUT2D eigenvalue weighted by Gasteiger charge is -2.08. The van der Waals surface area contributed by atoms with Crippen molar-refractivity contribution in [1.82, 2.24) is 9.55 Å². The first kappa shape index (κ1) is 13.1. The van der Waals surface area contributed by atoms with Crippen LogP contribution in [0.4, 0.5) is 4.39 Å². The third kappa shape index (κ3) is 2.40. The molecule has 3 rings (SSSR count). The van der Waals surface area contributed by atoms with Gasteiger partial charge in [-0.1, -0.05) is 23.7 Å². The quantitative estimate of drug-likeness (QED) is 0.803. The molecule has 1 aromatic heterocycles. The van der Waals surface area contributed by atoms with Crippen LogP contribution in [0.15, 0.2) is 42.5 Å². The number of halogens is 2. The number of fused-ring (bicyclic) bond motifs is 1. The molecule has 3 aromatic rings. The molecule has 0 atom stereocenters. The van der Waals surface area contributed by atoms with Crippen LogP contribution in [0.2, 0.25) is 5.02 Å². The third-order valence-electron chi connectivity index (χ3n) is 3.18. The molecule has 3 nitrogen and oxygen atoms in total. The Morgan fingerprint density at radius 2 is 1.90 bits per heavy atom. The van der Waals surface area contributed by atoms with Gasteiger partial charge in [-0.3, -0.25) is 0 Å². The van der Waals surface area contributed by atoms with Gasteiger partial charge >= 0.3 is 0 Å². The van der Waals surface area contributed by atoms with Gasteiger partial charge in [-0.2, -0.15) is 0 Å². The number of nitrogens with zero attached hydrogens (tertiary/aromatic N) is 2. The van der Waals surface area contributed by atoms with Crippen LogP contribution in [0.1, 0.15) is 11.4 Å². The maximum absolute atomic E-state index is 12.9. The summed E-state index contributed by atoms with van der Waals surface area (Å²) in [7, 11) is 0.